The Hall–Kier alpha value is -0.420. The summed E-state index contributed by atoms with van der Waals surface area (Å²) in [5, 5.41) is 11.4. The molecule has 0 amide bonds. The van der Waals surface area contributed by atoms with Crippen molar-refractivity contribution in [2.75, 3.05) is 25.2 Å². The molecular weight excluding hydrogens is 308 g/mol. The SMILES string of the molecule is COc1cccc(Cl)c1C(O)C1CCOC2(CCSC2)C1. The lowest BCUT2D eigenvalue weighted by molar-refractivity contribution is -0.102. The molecule has 3 atom stereocenters. The summed E-state index contributed by atoms with van der Waals surface area (Å²) in [5.41, 5.74) is 0.678. The summed E-state index contributed by atoms with van der Waals surface area (Å²) in [6, 6.07) is 5.50. The van der Waals surface area contributed by atoms with E-state index in [2.05, 4.69) is 0 Å². The predicted octanol–water partition coefficient (Wildman–Crippen LogP) is 3.68. The summed E-state index contributed by atoms with van der Waals surface area (Å²) < 4.78 is 11.4. The summed E-state index contributed by atoms with van der Waals surface area (Å²) in [6.45, 7) is 0.717. The largest absolute Gasteiger partial charge is 0.496 e. The van der Waals surface area contributed by atoms with E-state index in [-0.39, 0.29) is 11.5 Å². The van der Waals surface area contributed by atoms with Gasteiger partial charge in [0.25, 0.3) is 0 Å². The van der Waals surface area contributed by atoms with Gasteiger partial charge in [-0.05, 0) is 43.1 Å². The van der Waals surface area contributed by atoms with E-state index in [1.807, 2.05) is 30.0 Å². The molecule has 2 heterocycles. The highest BCUT2D eigenvalue weighted by molar-refractivity contribution is 7.99. The number of aliphatic hydroxyl groups is 1. The Balaban J connectivity index is 1.83. The molecule has 3 unspecified atom stereocenters. The second kappa shape index (κ2) is 6.37. The van der Waals surface area contributed by atoms with Crippen molar-refractivity contribution in [3.8, 4) is 5.75 Å². The van der Waals surface area contributed by atoms with Gasteiger partial charge >= 0.3 is 0 Å². The van der Waals surface area contributed by atoms with Crippen molar-refractivity contribution in [3.05, 3.63) is 28.8 Å². The van der Waals surface area contributed by atoms with Crippen molar-refractivity contribution >= 4 is 23.4 Å². The summed E-state index contributed by atoms with van der Waals surface area (Å²) in [6.07, 6.45) is 2.25. The standard InChI is InChI=1S/C16H21ClO3S/c1-19-13-4-2-3-12(17)14(13)15(18)11-5-7-20-16(9-11)6-8-21-10-16/h2-4,11,15,18H,5-10H2,1H3. The molecule has 1 N–H and O–H groups in total. The third kappa shape index (κ3) is 3.04. The highest BCUT2D eigenvalue weighted by Gasteiger charge is 2.43. The number of hydrogen-bond donors (Lipinski definition) is 1. The maximum absolute atomic E-state index is 10.9. The van der Waals surface area contributed by atoms with E-state index in [0.29, 0.717) is 10.8 Å². The highest BCUT2D eigenvalue weighted by Crippen LogP contribution is 2.46. The summed E-state index contributed by atoms with van der Waals surface area (Å²) in [5.74, 6) is 3.02. The van der Waals surface area contributed by atoms with Crippen LogP contribution in [0, 0.1) is 5.92 Å². The molecule has 3 nitrogen and oxygen atoms in total. The van der Waals surface area contributed by atoms with E-state index in [1.54, 1.807) is 7.11 Å². The first-order chi connectivity index (χ1) is 10.2. The topological polar surface area (TPSA) is 38.7 Å². The third-order valence-electron chi connectivity index (χ3n) is 4.57. The van der Waals surface area contributed by atoms with E-state index < -0.39 is 6.10 Å². The number of methoxy groups -OCH3 is 1. The molecule has 0 aromatic heterocycles. The van der Waals surface area contributed by atoms with Gasteiger partial charge in [-0.2, -0.15) is 11.8 Å². The van der Waals surface area contributed by atoms with Crippen LogP contribution >= 0.6 is 23.4 Å². The van der Waals surface area contributed by atoms with Crippen LogP contribution in [0.4, 0.5) is 0 Å². The second-order valence-electron chi connectivity index (χ2n) is 5.89. The monoisotopic (exact) mass is 328 g/mol. The first-order valence-electron chi connectivity index (χ1n) is 7.37. The van der Waals surface area contributed by atoms with Crippen LogP contribution in [0.25, 0.3) is 0 Å². The smallest absolute Gasteiger partial charge is 0.126 e. The van der Waals surface area contributed by atoms with Crippen LogP contribution in [0.15, 0.2) is 18.2 Å². The molecule has 2 aliphatic rings. The Labute approximate surface area is 135 Å². The van der Waals surface area contributed by atoms with Crippen molar-refractivity contribution < 1.29 is 14.6 Å². The lowest BCUT2D eigenvalue weighted by atomic mass is 9.80. The molecule has 2 fully saturated rings. The first kappa shape index (κ1) is 15.5. The molecule has 1 aromatic carbocycles. The molecule has 0 aliphatic carbocycles. The number of halogens is 1. The Kier molecular flexibility index (Phi) is 4.69. The van der Waals surface area contributed by atoms with Crippen LogP contribution in [0.2, 0.25) is 5.02 Å². The minimum atomic E-state index is -0.597. The van der Waals surface area contributed by atoms with Crippen LogP contribution in [0.1, 0.15) is 30.9 Å². The molecule has 5 heteroatoms. The van der Waals surface area contributed by atoms with E-state index in [9.17, 15) is 5.11 Å². The third-order valence-corrected chi connectivity index (χ3v) is 6.13. The van der Waals surface area contributed by atoms with E-state index >= 15 is 0 Å². The zero-order valence-electron chi connectivity index (χ0n) is 12.2. The van der Waals surface area contributed by atoms with Gasteiger partial charge in [0.2, 0.25) is 0 Å². The normalized spacial score (nSPS) is 30.5. The van der Waals surface area contributed by atoms with Gasteiger partial charge in [0.05, 0.1) is 23.8 Å². The van der Waals surface area contributed by atoms with Gasteiger partial charge in [0, 0.05) is 17.9 Å². The van der Waals surface area contributed by atoms with Gasteiger partial charge in [-0.3, -0.25) is 0 Å². The van der Waals surface area contributed by atoms with Crippen molar-refractivity contribution in [2.45, 2.75) is 31.0 Å². The fourth-order valence-electron chi connectivity index (χ4n) is 3.42. The molecule has 1 aromatic rings. The molecular formula is C16H21ClO3S. The molecule has 2 saturated heterocycles. The van der Waals surface area contributed by atoms with E-state index in [0.717, 1.165) is 42.9 Å². The highest BCUT2D eigenvalue weighted by atomic mass is 35.5. The maximum Gasteiger partial charge on any atom is 0.126 e. The van der Waals surface area contributed by atoms with Crippen LogP contribution in [0.5, 0.6) is 5.75 Å². The molecule has 0 saturated carbocycles. The van der Waals surface area contributed by atoms with Crippen LogP contribution in [-0.4, -0.2) is 35.9 Å². The molecule has 21 heavy (non-hydrogen) atoms. The minimum Gasteiger partial charge on any atom is -0.496 e. The van der Waals surface area contributed by atoms with E-state index in [4.69, 9.17) is 21.1 Å². The molecule has 0 radical (unpaired) electrons. The Morgan fingerprint density at radius 1 is 1.52 bits per heavy atom. The fraction of sp³-hybridized carbons (Fsp3) is 0.625. The lowest BCUT2D eigenvalue weighted by Crippen LogP contribution is -2.41. The molecule has 1 spiro atoms. The average Bonchev–Trinajstić information content (AvgIpc) is 2.94. The van der Waals surface area contributed by atoms with E-state index in [1.165, 1.54) is 0 Å². The van der Waals surface area contributed by atoms with Gasteiger partial charge in [-0.25, -0.2) is 0 Å². The zero-order valence-corrected chi connectivity index (χ0v) is 13.8. The Morgan fingerprint density at radius 2 is 2.38 bits per heavy atom. The van der Waals surface area contributed by atoms with Gasteiger partial charge in [0.1, 0.15) is 5.75 Å². The quantitative estimate of drug-likeness (QED) is 0.918. The Bertz CT molecular complexity index is 502. The van der Waals surface area contributed by atoms with Gasteiger partial charge in [0.15, 0.2) is 0 Å². The molecule has 0 bridgehead atoms. The van der Waals surface area contributed by atoms with Gasteiger partial charge in [-0.15, -0.1) is 0 Å². The number of thioether (sulfide) groups is 1. The van der Waals surface area contributed by atoms with Crippen molar-refractivity contribution in [1.82, 2.24) is 0 Å². The van der Waals surface area contributed by atoms with Crippen LogP contribution in [-0.2, 0) is 4.74 Å². The van der Waals surface area contributed by atoms with Crippen molar-refractivity contribution in [2.24, 2.45) is 5.92 Å². The predicted molar refractivity (Wildman–Crippen MR) is 86.3 cm³/mol. The number of ether oxygens (including phenoxy) is 2. The number of aliphatic hydroxyl groups excluding tert-OH is 1. The zero-order chi connectivity index (χ0) is 14.9. The molecule has 3 rings (SSSR count). The summed E-state index contributed by atoms with van der Waals surface area (Å²) in [4.78, 5) is 0. The second-order valence-corrected chi connectivity index (χ2v) is 7.40. The minimum absolute atomic E-state index is 0.0386. The summed E-state index contributed by atoms with van der Waals surface area (Å²) in [7, 11) is 1.61. The van der Waals surface area contributed by atoms with Crippen molar-refractivity contribution in [3.63, 3.8) is 0 Å². The molecule has 2 aliphatic heterocycles. The first-order valence-corrected chi connectivity index (χ1v) is 8.91. The van der Waals surface area contributed by atoms with Gasteiger partial charge in [-0.1, -0.05) is 17.7 Å². The average molecular weight is 329 g/mol. The van der Waals surface area contributed by atoms with Gasteiger partial charge < -0.3 is 14.6 Å². The number of benzene rings is 1. The molecule has 116 valence electrons. The van der Waals surface area contributed by atoms with Crippen LogP contribution in [0.3, 0.4) is 0 Å². The van der Waals surface area contributed by atoms with Crippen LogP contribution < -0.4 is 4.74 Å². The number of rotatable bonds is 3. The van der Waals surface area contributed by atoms with Crippen molar-refractivity contribution in [1.29, 1.82) is 0 Å². The lowest BCUT2D eigenvalue weighted by Gasteiger charge is -2.39. The summed E-state index contributed by atoms with van der Waals surface area (Å²) >= 11 is 8.24. The maximum atomic E-state index is 10.9. The Morgan fingerprint density at radius 3 is 3.10 bits per heavy atom. The fourth-order valence-corrected chi connectivity index (χ4v) is 5.07. The number of hydrogen-bond acceptors (Lipinski definition) is 4.